The second-order valence-corrected chi connectivity index (χ2v) is 5.52. The summed E-state index contributed by atoms with van der Waals surface area (Å²) in [7, 11) is 0. The smallest absolute Gasteiger partial charge is 0.174 e. The summed E-state index contributed by atoms with van der Waals surface area (Å²) in [4.78, 5) is 4.21. The molecule has 1 aliphatic heterocycles. The van der Waals surface area contributed by atoms with Gasteiger partial charge in [-0.25, -0.2) is 0 Å². The molecule has 1 fully saturated rings. The van der Waals surface area contributed by atoms with E-state index >= 15 is 0 Å². The Morgan fingerprint density at radius 3 is 2.65 bits per heavy atom. The number of hydrogen-bond donors (Lipinski definition) is 1. The predicted octanol–water partition coefficient (Wildman–Crippen LogP) is 2.01. The van der Waals surface area contributed by atoms with Gasteiger partial charge in [-0.3, -0.25) is 4.99 Å². The van der Waals surface area contributed by atoms with Crippen molar-refractivity contribution in [3.05, 3.63) is 0 Å². The number of aliphatic hydroxyl groups excluding tert-OH is 1. The molecule has 100 valence electrons. The largest absolute Gasteiger partial charge is 0.381 e. The molecule has 0 spiro atoms. The Kier molecular flexibility index (Phi) is 6.09. The van der Waals surface area contributed by atoms with Crippen LogP contribution in [0.25, 0.3) is 0 Å². The first kappa shape index (κ1) is 14.6. The normalized spacial score (nSPS) is 20.9. The Morgan fingerprint density at radius 2 is 2.06 bits per heavy atom. The third-order valence-corrected chi connectivity index (χ3v) is 2.66. The minimum absolute atomic E-state index is 0.320. The summed E-state index contributed by atoms with van der Waals surface area (Å²) in [5, 5.41) is 9.57. The van der Waals surface area contributed by atoms with Gasteiger partial charge in [-0.2, -0.15) is 0 Å². The molecule has 0 aromatic carbocycles. The minimum Gasteiger partial charge on any atom is -0.381 e. The van der Waals surface area contributed by atoms with Crippen molar-refractivity contribution >= 4 is 6.21 Å². The molecule has 0 aromatic heterocycles. The van der Waals surface area contributed by atoms with E-state index in [1.807, 2.05) is 27.0 Å². The van der Waals surface area contributed by atoms with Gasteiger partial charge in [0.15, 0.2) is 6.29 Å². The van der Waals surface area contributed by atoms with Crippen molar-refractivity contribution in [2.45, 2.75) is 51.9 Å². The summed E-state index contributed by atoms with van der Waals surface area (Å²) < 4.78 is 10.6. The number of nitrogens with zero attached hydrogens (tertiary/aromatic N) is 1. The van der Waals surface area contributed by atoms with E-state index in [-0.39, 0.29) is 5.60 Å². The van der Waals surface area contributed by atoms with Crippen LogP contribution in [0.1, 0.15) is 40.0 Å². The maximum absolute atomic E-state index is 9.57. The van der Waals surface area contributed by atoms with Gasteiger partial charge in [-0.15, -0.1) is 0 Å². The van der Waals surface area contributed by atoms with Crippen molar-refractivity contribution in [3.63, 3.8) is 0 Å². The molecule has 0 aromatic rings. The van der Waals surface area contributed by atoms with Crippen LogP contribution in [0.4, 0.5) is 0 Å². The molecule has 0 bridgehead atoms. The molecule has 1 unspecified atom stereocenters. The van der Waals surface area contributed by atoms with Crippen molar-refractivity contribution < 1.29 is 14.6 Å². The standard InChI is InChI=1S/C13H25NO3/c1-13(2,3)17-12(15)10-14-7-4-11-5-8-16-9-6-11/h7,11-12,15H,4-6,8-10H2,1-3H3. The van der Waals surface area contributed by atoms with Crippen LogP contribution in [0.5, 0.6) is 0 Å². The first-order valence-corrected chi connectivity index (χ1v) is 6.39. The van der Waals surface area contributed by atoms with Crippen LogP contribution >= 0.6 is 0 Å². The van der Waals surface area contributed by atoms with E-state index < -0.39 is 6.29 Å². The average Bonchev–Trinajstić information content (AvgIpc) is 2.23. The molecule has 1 saturated heterocycles. The summed E-state index contributed by atoms with van der Waals surface area (Å²) in [6.45, 7) is 7.81. The summed E-state index contributed by atoms with van der Waals surface area (Å²) in [6, 6.07) is 0. The van der Waals surface area contributed by atoms with E-state index in [0.717, 1.165) is 32.5 Å². The number of aliphatic imine (C=N–C) groups is 1. The first-order chi connectivity index (χ1) is 7.97. The van der Waals surface area contributed by atoms with Crippen molar-refractivity contribution in [1.82, 2.24) is 0 Å². The molecule has 17 heavy (non-hydrogen) atoms. The van der Waals surface area contributed by atoms with E-state index in [0.29, 0.717) is 12.5 Å². The van der Waals surface area contributed by atoms with Gasteiger partial charge < -0.3 is 14.6 Å². The lowest BCUT2D eigenvalue weighted by molar-refractivity contribution is -0.158. The molecule has 0 radical (unpaired) electrons. The highest BCUT2D eigenvalue weighted by molar-refractivity contribution is 5.57. The van der Waals surface area contributed by atoms with Gasteiger partial charge in [0.2, 0.25) is 0 Å². The van der Waals surface area contributed by atoms with Gasteiger partial charge in [0.05, 0.1) is 12.1 Å². The first-order valence-electron chi connectivity index (χ1n) is 6.39. The lowest BCUT2D eigenvalue weighted by Gasteiger charge is -2.23. The predicted molar refractivity (Wildman–Crippen MR) is 68.4 cm³/mol. The van der Waals surface area contributed by atoms with E-state index in [1.165, 1.54) is 0 Å². The van der Waals surface area contributed by atoms with Crippen LogP contribution in [0.2, 0.25) is 0 Å². The Labute approximate surface area is 104 Å². The maximum atomic E-state index is 9.57. The highest BCUT2D eigenvalue weighted by Gasteiger charge is 2.16. The monoisotopic (exact) mass is 243 g/mol. The van der Waals surface area contributed by atoms with Crippen LogP contribution in [-0.2, 0) is 9.47 Å². The summed E-state index contributed by atoms with van der Waals surface area (Å²) in [6.07, 6.45) is 4.32. The fourth-order valence-corrected chi connectivity index (χ4v) is 1.82. The Hall–Kier alpha value is -0.450. The quantitative estimate of drug-likeness (QED) is 0.593. The van der Waals surface area contributed by atoms with Gasteiger partial charge in [-0.1, -0.05) is 0 Å². The Morgan fingerprint density at radius 1 is 1.41 bits per heavy atom. The van der Waals surface area contributed by atoms with E-state index in [1.54, 1.807) is 0 Å². The van der Waals surface area contributed by atoms with Crippen LogP contribution in [0.3, 0.4) is 0 Å². The molecule has 1 atom stereocenters. The summed E-state index contributed by atoms with van der Waals surface area (Å²) in [5.41, 5.74) is -0.324. The van der Waals surface area contributed by atoms with Crippen molar-refractivity contribution in [2.24, 2.45) is 10.9 Å². The molecular weight excluding hydrogens is 218 g/mol. The Bertz CT molecular complexity index is 229. The highest BCUT2D eigenvalue weighted by atomic mass is 16.6. The van der Waals surface area contributed by atoms with Gasteiger partial charge in [-0.05, 0) is 52.2 Å². The SMILES string of the molecule is CC(C)(C)OC(O)CN=CCC1CCOCC1. The fraction of sp³-hybridized carbons (Fsp3) is 0.923. The van der Waals surface area contributed by atoms with Gasteiger partial charge in [0.1, 0.15) is 0 Å². The van der Waals surface area contributed by atoms with E-state index in [9.17, 15) is 5.11 Å². The number of ether oxygens (including phenoxy) is 2. The van der Waals surface area contributed by atoms with Crippen LogP contribution in [-0.4, -0.2) is 43.0 Å². The number of aliphatic hydroxyl groups is 1. The molecule has 0 aliphatic carbocycles. The van der Waals surface area contributed by atoms with E-state index in [4.69, 9.17) is 9.47 Å². The zero-order valence-electron chi connectivity index (χ0n) is 11.2. The third-order valence-electron chi connectivity index (χ3n) is 2.66. The lowest BCUT2D eigenvalue weighted by atomic mass is 9.97. The minimum atomic E-state index is -0.805. The average molecular weight is 243 g/mol. The summed E-state index contributed by atoms with van der Waals surface area (Å²) >= 11 is 0. The molecule has 1 rings (SSSR count). The molecule has 4 heteroatoms. The molecular formula is C13H25NO3. The second-order valence-electron chi connectivity index (χ2n) is 5.52. The van der Waals surface area contributed by atoms with Gasteiger partial charge in [0, 0.05) is 13.2 Å². The Balaban J connectivity index is 2.12. The second kappa shape index (κ2) is 7.09. The van der Waals surface area contributed by atoms with Gasteiger partial charge in [0.25, 0.3) is 0 Å². The fourth-order valence-electron chi connectivity index (χ4n) is 1.82. The maximum Gasteiger partial charge on any atom is 0.174 e. The lowest BCUT2D eigenvalue weighted by Crippen LogP contribution is -2.29. The van der Waals surface area contributed by atoms with Gasteiger partial charge >= 0.3 is 0 Å². The van der Waals surface area contributed by atoms with Crippen LogP contribution in [0.15, 0.2) is 4.99 Å². The molecule has 0 amide bonds. The third kappa shape index (κ3) is 7.47. The van der Waals surface area contributed by atoms with Crippen molar-refractivity contribution in [1.29, 1.82) is 0 Å². The zero-order chi connectivity index (χ0) is 12.7. The number of rotatable bonds is 5. The topological polar surface area (TPSA) is 51.0 Å². The number of hydrogen-bond acceptors (Lipinski definition) is 4. The zero-order valence-corrected chi connectivity index (χ0v) is 11.2. The molecule has 1 aliphatic rings. The molecule has 1 heterocycles. The van der Waals surface area contributed by atoms with E-state index in [2.05, 4.69) is 4.99 Å². The van der Waals surface area contributed by atoms with Crippen LogP contribution in [0, 0.1) is 5.92 Å². The molecule has 1 N–H and O–H groups in total. The highest BCUT2D eigenvalue weighted by Crippen LogP contribution is 2.17. The molecule has 4 nitrogen and oxygen atoms in total. The van der Waals surface area contributed by atoms with Crippen molar-refractivity contribution in [3.8, 4) is 0 Å². The van der Waals surface area contributed by atoms with Crippen molar-refractivity contribution in [2.75, 3.05) is 19.8 Å². The van der Waals surface area contributed by atoms with Crippen LogP contribution < -0.4 is 0 Å². The summed E-state index contributed by atoms with van der Waals surface area (Å²) in [5.74, 6) is 0.688. The molecule has 0 saturated carbocycles.